The molecule has 3 rings (SSSR count). The number of carbonyl (C=O) groups is 3. The standard InChI is InChI=1S/C17H17N3O3/c1-18-13-5-3-12(4-6-13)15(22)20-9-7-17(8-10-20)11-14(21)19(2)16(17)23/h3-6H,7-11H2,2H3. The summed E-state index contributed by atoms with van der Waals surface area (Å²) < 4.78 is 0. The molecule has 1 aromatic rings. The van der Waals surface area contributed by atoms with Crippen LogP contribution < -0.4 is 0 Å². The quantitative estimate of drug-likeness (QED) is 0.587. The van der Waals surface area contributed by atoms with E-state index < -0.39 is 5.41 Å². The van der Waals surface area contributed by atoms with Crippen molar-refractivity contribution in [2.45, 2.75) is 19.3 Å². The molecule has 0 saturated carbocycles. The van der Waals surface area contributed by atoms with Gasteiger partial charge in [-0.2, -0.15) is 0 Å². The highest BCUT2D eigenvalue weighted by atomic mass is 16.2. The average molecular weight is 311 g/mol. The van der Waals surface area contributed by atoms with Crippen LogP contribution in [0.5, 0.6) is 0 Å². The van der Waals surface area contributed by atoms with Gasteiger partial charge in [-0.05, 0) is 12.8 Å². The third-order valence-electron chi connectivity index (χ3n) is 4.87. The molecule has 0 unspecified atom stereocenters. The van der Waals surface area contributed by atoms with E-state index in [9.17, 15) is 14.4 Å². The van der Waals surface area contributed by atoms with Crippen molar-refractivity contribution in [2.24, 2.45) is 5.41 Å². The third-order valence-corrected chi connectivity index (χ3v) is 4.87. The van der Waals surface area contributed by atoms with Gasteiger partial charge in [-0.25, -0.2) is 4.85 Å². The van der Waals surface area contributed by atoms with Crippen LogP contribution in [-0.2, 0) is 9.59 Å². The van der Waals surface area contributed by atoms with Crippen LogP contribution >= 0.6 is 0 Å². The fraction of sp³-hybridized carbons (Fsp3) is 0.412. The van der Waals surface area contributed by atoms with Crippen LogP contribution in [0.4, 0.5) is 5.69 Å². The number of likely N-dealkylation sites (tertiary alicyclic amines) is 2. The predicted octanol–water partition coefficient (Wildman–Crippen LogP) is 1.85. The zero-order valence-electron chi connectivity index (χ0n) is 12.9. The van der Waals surface area contributed by atoms with Crippen molar-refractivity contribution in [1.82, 2.24) is 9.80 Å². The van der Waals surface area contributed by atoms with E-state index in [2.05, 4.69) is 4.85 Å². The second-order valence-electron chi connectivity index (χ2n) is 6.17. The molecular weight excluding hydrogens is 294 g/mol. The third kappa shape index (κ3) is 2.48. The van der Waals surface area contributed by atoms with Gasteiger partial charge in [-0.1, -0.05) is 24.3 Å². The van der Waals surface area contributed by atoms with Gasteiger partial charge in [-0.3, -0.25) is 19.3 Å². The summed E-state index contributed by atoms with van der Waals surface area (Å²) in [4.78, 5) is 42.8. The fourth-order valence-electron chi connectivity index (χ4n) is 3.34. The summed E-state index contributed by atoms with van der Waals surface area (Å²) >= 11 is 0. The zero-order valence-corrected chi connectivity index (χ0v) is 12.9. The predicted molar refractivity (Wildman–Crippen MR) is 82.7 cm³/mol. The van der Waals surface area contributed by atoms with Crippen LogP contribution in [-0.4, -0.2) is 47.7 Å². The number of amides is 3. The zero-order chi connectivity index (χ0) is 16.6. The molecule has 0 aromatic heterocycles. The van der Waals surface area contributed by atoms with E-state index in [0.717, 1.165) is 0 Å². The van der Waals surface area contributed by atoms with Gasteiger partial charge in [0.25, 0.3) is 5.91 Å². The Hall–Kier alpha value is -2.68. The summed E-state index contributed by atoms with van der Waals surface area (Å²) in [7, 11) is 1.52. The van der Waals surface area contributed by atoms with E-state index in [1.165, 1.54) is 11.9 Å². The summed E-state index contributed by atoms with van der Waals surface area (Å²) in [6, 6.07) is 6.55. The Morgan fingerprint density at radius 3 is 2.26 bits per heavy atom. The van der Waals surface area contributed by atoms with Gasteiger partial charge >= 0.3 is 0 Å². The van der Waals surface area contributed by atoms with Crippen LogP contribution in [0.1, 0.15) is 29.6 Å². The second-order valence-corrected chi connectivity index (χ2v) is 6.17. The molecule has 0 aliphatic carbocycles. The number of piperidine rings is 1. The SMILES string of the molecule is [C-]#[N+]c1ccc(C(=O)N2CCC3(CC2)CC(=O)N(C)C3=O)cc1. The van der Waals surface area contributed by atoms with Crippen molar-refractivity contribution in [3.8, 4) is 0 Å². The van der Waals surface area contributed by atoms with Gasteiger partial charge in [0, 0.05) is 32.1 Å². The van der Waals surface area contributed by atoms with E-state index in [1.807, 2.05) is 0 Å². The molecule has 0 bridgehead atoms. The minimum Gasteiger partial charge on any atom is -0.339 e. The maximum atomic E-state index is 12.5. The second kappa shape index (κ2) is 5.51. The monoisotopic (exact) mass is 311 g/mol. The van der Waals surface area contributed by atoms with E-state index in [-0.39, 0.29) is 24.1 Å². The molecular formula is C17H17N3O3. The van der Waals surface area contributed by atoms with Crippen molar-refractivity contribution in [3.63, 3.8) is 0 Å². The maximum Gasteiger partial charge on any atom is 0.253 e. The van der Waals surface area contributed by atoms with Crippen molar-refractivity contribution in [1.29, 1.82) is 0 Å². The first-order valence-corrected chi connectivity index (χ1v) is 7.55. The van der Waals surface area contributed by atoms with E-state index in [0.29, 0.717) is 37.2 Å². The van der Waals surface area contributed by atoms with Gasteiger partial charge in [0.05, 0.1) is 12.0 Å². The summed E-state index contributed by atoms with van der Waals surface area (Å²) in [5, 5.41) is 0. The number of nitrogens with zero attached hydrogens (tertiary/aromatic N) is 3. The van der Waals surface area contributed by atoms with Crippen molar-refractivity contribution >= 4 is 23.4 Å². The molecule has 1 spiro atoms. The molecule has 2 saturated heterocycles. The largest absolute Gasteiger partial charge is 0.339 e. The Bertz CT molecular complexity index is 710. The van der Waals surface area contributed by atoms with E-state index >= 15 is 0 Å². The molecule has 23 heavy (non-hydrogen) atoms. The van der Waals surface area contributed by atoms with E-state index in [1.54, 1.807) is 29.2 Å². The van der Waals surface area contributed by atoms with Gasteiger partial charge in [0.2, 0.25) is 11.8 Å². The number of imide groups is 1. The first-order valence-electron chi connectivity index (χ1n) is 7.55. The lowest BCUT2D eigenvalue weighted by molar-refractivity contribution is -0.140. The molecule has 6 heteroatoms. The Morgan fingerprint density at radius 1 is 1.17 bits per heavy atom. The maximum absolute atomic E-state index is 12.5. The van der Waals surface area contributed by atoms with Crippen molar-refractivity contribution < 1.29 is 14.4 Å². The molecule has 2 fully saturated rings. The number of hydrogen-bond donors (Lipinski definition) is 0. The molecule has 118 valence electrons. The lowest BCUT2D eigenvalue weighted by atomic mass is 9.77. The fourth-order valence-corrected chi connectivity index (χ4v) is 3.34. The summed E-state index contributed by atoms with van der Waals surface area (Å²) in [6.45, 7) is 7.86. The molecule has 2 aliphatic rings. The topological polar surface area (TPSA) is 62.1 Å². The van der Waals surface area contributed by atoms with Crippen LogP contribution in [0.15, 0.2) is 24.3 Å². The minimum atomic E-state index is -0.615. The molecule has 3 amide bonds. The summed E-state index contributed by atoms with van der Waals surface area (Å²) in [6.07, 6.45) is 1.30. The highest BCUT2D eigenvalue weighted by Crippen LogP contribution is 2.41. The lowest BCUT2D eigenvalue weighted by Crippen LogP contribution is -2.46. The van der Waals surface area contributed by atoms with Crippen molar-refractivity contribution in [2.75, 3.05) is 20.1 Å². The van der Waals surface area contributed by atoms with Crippen LogP contribution in [0.3, 0.4) is 0 Å². The van der Waals surface area contributed by atoms with Gasteiger partial charge in [-0.15, -0.1) is 0 Å². The van der Waals surface area contributed by atoms with Crippen molar-refractivity contribution in [3.05, 3.63) is 41.2 Å². The highest BCUT2D eigenvalue weighted by molar-refractivity contribution is 6.05. The van der Waals surface area contributed by atoms with Crippen LogP contribution in [0.25, 0.3) is 4.85 Å². The molecule has 0 radical (unpaired) electrons. The smallest absolute Gasteiger partial charge is 0.253 e. The Balaban J connectivity index is 1.69. The lowest BCUT2D eigenvalue weighted by Gasteiger charge is -2.37. The van der Waals surface area contributed by atoms with Crippen LogP contribution in [0, 0.1) is 12.0 Å². The summed E-state index contributed by atoms with van der Waals surface area (Å²) in [5.74, 6) is -0.345. The Labute approximate surface area is 134 Å². The average Bonchev–Trinajstić information content (AvgIpc) is 2.79. The first kappa shape index (κ1) is 15.2. The van der Waals surface area contributed by atoms with Gasteiger partial charge in [0.1, 0.15) is 0 Å². The van der Waals surface area contributed by atoms with Crippen LogP contribution in [0.2, 0.25) is 0 Å². The molecule has 2 aliphatic heterocycles. The minimum absolute atomic E-state index is 0.0958. The number of benzene rings is 1. The Kier molecular flexibility index (Phi) is 3.64. The summed E-state index contributed by atoms with van der Waals surface area (Å²) in [5.41, 5.74) is 0.424. The number of carbonyl (C=O) groups excluding carboxylic acids is 3. The van der Waals surface area contributed by atoms with E-state index in [4.69, 9.17) is 6.57 Å². The molecule has 2 heterocycles. The molecule has 0 atom stereocenters. The molecule has 1 aromatic carbocycles. The molecule has 0 N–H and O–H groups in total. The number of hydrogen-bond acceptors (Lipinski definition) is 3. The highest BCUT2D eigenvalue weighted by Gasteiger charge is 2.51. The normalized spacial score (nSPS) is 20.0. The Morgan fingerprint density at radius 2 is 1.78 bits per heavy atom. The van der Waals surface area contributed by atoms with Gasteiger partial charge < -0.3 is 4.90 Å². The number of rotatable bonds is 1. The molecule has 6 nitrogen and oxygen atoms in total. The van der Waals surface area contributed by atoms with Gasteiger partial charge in [0.15, 0.2) is 5.69 Å². The first-order chi connectivity index (χ1) is 11.0.